The average molecular weight is 218 g/mol. The van der Waals surface area contributed by atoms with E-state index in [2.05, 4.69) is 18.2 Å². The van der Waals surface area contributed by atoms with Gasteiger partial charge in [-0.1, -0.05) is 24.6 Å². The molecule has 1 fully saturated rings. The molecule has 2 unspecified atom stereocenters. The van der Waals surface area contributed by atoms with Gasteiger partial charge in [-0.2, -0.15) is 0 Å². The molecule has 1 aliphatic heterocycles. The van der Waals surface area contributed by atoms with E-state index in [0.717, 1.165) is 18.6 Å². The van der Waals surface area contributed by atoms with Crippen LogP contribution in [-0.4, -0.2) is 12.9 Å². The first-order valence-corrected chi connectivity index (χ1v) is 6.16. The molecule has 1 aromatic carbocycles. The van der Waals surface area contributed by atoms with Gasteiger partial charge in [0.2, 0.25) is 5.79 Å². The van der Waals surface area contributed by atoms with Crippen molar-refractivity contribution in [3.63, 3.8) is 0 Å². The molecule has 1 aliphatic carbocycles. The van der Waals surface area contributed by atoms with Gasteiger partial charge in [0.1, 0.15) is 5.75 Å². The lowest BCUT2D eigenvalue weighted by atomic mass is 9.77. The van der Waals surface area contributed by atoms with Crippen molar-refractivity contribution in [2.45, 2.75) is 37.9 Å². The molecule has 0 radical (unpaired) electrons. The zero-order valence-corrected chi connectivity index (χ0v) is 9.74. The Hall–Kier alpha value is -1.02. The summed E-state index contributed by atoms with van der Waals surface area (Å²) >= 11 is 0. The van der Waals surface area contributed by atoms with E-state index in [1.165, 1.54) is 24.8 Å². The normalized spacial score (nSPS) is 32.4. The molecule has 1 heterocycles. The number of methoxy groups -OCH3 is 1. The molecule has 0 N–H and O–H groups in total. The summed E-state index contributed by atoms with van der Waals surface area (Å²) in [5.74, 6) is 1.20. The maximum atomic E-state index is 6.15. The van der Waals surface area contributed by atoms with Gasteiger partial charge >= 0.3 is 0 Å². The summed E-state index contributed by atoms with van der Waals surface area (Å²) in [5, 5.41) is 0. The summed E-state index contributed by atoms with van der Waals surface area (Å²) in [6.45, 7) is 0. The number of para-hydroxylation sites is 1. The topological polar surface area (TPSA) is 18.5 Å². The summed E-state index contributed by atoms with van der Waals surface area (Å²) in [6, 6.07) is 8.35. The minimum absolute atomic E-state index is 0.341. The van der Waals surface area contributed by atoms with Crippen LogP contribution in [0.15, 0.2) is 24.3 Å². The number of fused-ring (bicyclic) bond motifs is 2. The molecular weight excluding hydrogens is 200 g/mol. The highest BCUT2D eigenvalue weighted by atomic mass is 16.7. The lowest BCUT2D eigenvalue weighted by Crippen LogP contribution is -2.51. The van der Waals surface area contributed by atoms with Crippen molar-refractivity contribution in [1.29, 1.82) is 0 Å². The van der Waals surface area contributed by atoms with Crippen molar-refractivity contribution in [3.05, 3.63) is 29.8 Å². The van der Waals surface area contributed by atoms with E-state index in [-0.39, 0.29) is 5.79 Å². The second-order valence-electron chi connectivity index (χ2n) is 4.87. The number of hydrogen-bond donors (Lipinski definition) is 0. The van der Waals surface area contributed by atoms with Crippen LogP contribution in [0.3, 0.4) is 0 Å². The third-order valence-corrected chi connectivity index (χ3v) is 4.02. The molecule has 1 saturated carbocycles. The highest BCUT2D eigenvalue weighted by Gasteiger charge is 2.46. The van der Waals surface area contributed by atoms with Gasteiger partial charge < -0.3 is 9.47 Å². The molecule has 16 heavy (non-hydrogen) atoms. The Kier molecular flexibility index (Phi) is 2.40. The largest absolute Gasteiger partial charge is 0.462 e. The summed E-state index contributed by atoms with van der Waals surface area (Å²) < 4.78 is 11.9. The molecule has 0 spiro atoms. The Balaban J connectivity index is 1.98. The molecule has 2 atom stereocenters. The quantitative estimate of drug-likeness (QED) is 0.721. The third-order valence-electron chi connectivity index (χ3n) is 4.02. The predicted molar refractivity (Wildman–Crippen MR) is 62.5 cm³/mol. The maximum Gasteiger partial charge on any atom is 0.213 e. The second-order valence-corrected chi connectivity index (χ2v) is 4.87. The number of hydrogen-bond acceptors (Lipinski definition) is 2. The second kappa shape index (κ2) is 3.77. The zero-order valence-electron chi connectivity index (χ0n) is 9.74. The molecule has 2 heteroatoms. The molecular formula is C14H18O2. The van der Waals surface area contributed by atoms with Gasteiger partial charge in [-0.25, -0.2) is 0 Å². The molecule has 0 bridgehead atoms. The Morgan fingerprint density at radius 2 is 2.19 bits per heavy atom. The highest BCUT2D eigenvalue weighted by molar-refractivity contribution is 5.36. The Morgan fingerprint density at radius 3 is 3.06 bits per heavy atom. The number of ether oxygens (including phenoxy) is 2. The van der Waals surface area contributed by atoms with E-state index in [0.29, 0.717) is 5.92 Å². The monoisotopic (exact) mass is 218 g/mol. The summed E-state index contributed by atoms with van der Waals surface area (Å²) in [7, 11) is 1.78. The van der Waals surface area contributed by atoms with Crippen molar-refractivity contribution >= 4 is 0 Å². The van der Waals surface area contributed by atoms with Crippen LogP contribution >= 0.6 is 0 Å². The van der Waals surface area contributed by atoms with E-state index in [1.807, 2.05) is 6.07 Å². The molecule has 3 rings (SSSR count). The van der Waals surface area contributed by atoms with Crippen LogP contribution in [0.5, 0.6) is 5.75 Å². The van der Waals surface area contributed by atoms with Crippen LogP contribution < -0.4 is 4.74 Å². The Bertz CT molecular complexity index is 388. The van der Waals surface area contributed by atoms with E-state index < -0.39 is 0 Å². The maximum absolute atomic E-state index is 6.15. The van der Waals surface area contributed by atoms with Crippen molar-refractivity contribution in [1.82, 2.24) is 0 Å². The van der Waals surface area contributed by atoms with E-state index in [4.69, 9.17) is 9.47 Å². The fraction of sp³-hybridized carbons (Fsp3) is 0.571. The van der Waals surface area contributed by atoms with Gasteiger partial charge in [0, 0.05) is 19.4 Å². The summed E-state index contributed by atoms with van der Waals surface area (Å²) in [5.41, 5.74) is 1.34. The van der Waals surface area contributed by atoms with E-state index in [1.54, 1.807) is 7.11 Å². The van der Waals surface area contributed by atoms with E-state index >= 15 is 0 Å². The molecule has 0 amide bonds. The van der Waals surface area contributed by atoms with Gasteiger partial charge in [0.15, 0.2) is 0 Å². The first-order valence-electron chi connectivity index (χ1n) is 6.16. The molecule has 0 aromatic heterocycles. The van der Waals surface area contributed by atoms with Gasteiger partial charge in [-0.3, -0.25) is 0 Å². The van der Waals surface area contributed by atoms with Gasteiger partial charge in [-0.15, -0.1) is 0 Å². The van der Waals surface area contributed by atoms with Crippen molar-refractivity contribution in [2.75, 3.05) is 7.11 Å². The Morgan fingerprint density at radius 1 is 1.31 bits per heavy atom. The summed E-state index contributed by atoms with van der Waals surface area (Å²) in [6.07, 6.45) is 5.88. The molecule has 2 nitrogen and oxygen atoms in total. The molecule has 86 valence electrons. The summed E-state index contributed by atoms with van der Waals surface area (Å²) in [4.78, 5) is 0. The van der Waals surface area contributed by atoms with Crippen LogP contribution in [0, 0.1) is 5.92 Å². The third kappa shape index (κ3) is 1.44. The first-order chi connectivity index (χ1) is 7.84. The first kappa shape index (κ1) is 10.2. The van der Waals surface area contributed by atoms with Gasteiger partial charge in [0.25, 0.3) is 0 Å². The standard InChI is InChI=1S/C14H18O2/c1-15-14-9-5-4-7-12(14)10-11-6-2-3-8-13(11)16-14/h2-3,6,8,12H,4-5,7,9-10H2,1H3. The van der Waals surface area contributed by atoms with Gasteiger partial charge in [-0.05, 0) is 30.9 Å². The number of benzene rings is 1. The van der Waals surface area contributed by atoms with Gasteiger partial charge in [0.05, 0.1) is 0 Å². The lowest BCUT2D eigenvalue weighted by Gasteiger charge is -2.46. The minimum atomic E-state index is -0.341. The number of rotatable bonds is 1. The fourth-order valence-electron chi connectivity index (χ4n) is 3.11. The van der Waals surface area contributed by atoms with Crippen LogP contribution in [-0.2, 0) is 11.2 Å². The SMILES string of the molecule is COC12CCCCC1Cc1ccccc1O2. The fourth-order valence-corrected chi connectivity index (χ4v) is 3.11. The zero-order chi connectivity index (χ0) is 11.0. The smallest absolute Gasteiger partial charge is 0.213 e. The lowest BCUT2D eigenvalue weighted by molar-refractivity contribution is -0.224. The van der Waals surface area contributed by atoms with Crippen molar-refractivity contribution < 1.29 is 9.47 Å². The minimum Gasteiger partial charge on any atom is -0.462 e. The molecule has 0 saturated heterocycles. The van der Waals surface area contributed by atoms with Crippen molar-refractivity contribution in [3.8, 4) is 5.75 Å². The predicted octanol–water partition coefficient (Wildman–Crippen LogP) is 3.15. The van der Waals surface area contributed by atoms with Crippen LogP contribution in [0.4, 0.5) is 0 Å². The van der Waals surface area contributed by atoms with Crippen LogP contribution in [0.1, 0.15) is 31.2 Å². The average Bonchev–Trinajstić information content (AvgIpc) is 2.36. The molecule has 2 aliphatic rings. The van der Waals surface area contributed by atoms with Crippen LogP contribution in [0.2, 0.25) is 0 Å². The Labute approximate surface area is 96.6 Å². The van der Waals surface area contributed by atoms with E-state index in [9.17, 15) is 0 Å². The molecule has 1 aromatic rings. The van der Waals surface area contributed by atoms with Crippen molar-refractivity contribution in [2.24, 2.45) is 5.92 Å². The highest BCUT2D eigenvalue weighted by Crippen LogP contribution is 2.45. The van der Waals surface area contributed by atoms with Crippen LogP contribution in [0.25, 0.3) is 0 Å².